The Bertz CT molecular complexity index is 947. The predicted octanol–water partition coefficient (Wildman–Crippen LogP) is 6.86. The van der Waals surface area contributed by atoms with E-state index in [1.165, 1.54) is 12.7 Å². The Balaban J connectivity index is 0. The van der Waals surface area contributed by atoms with Gasteiger partial charge in [0, 0.05) is 32.6 Å². The summed E-state index contributed by atoms with van der Waals surface area (Å²) < 4.78 is 27.6. The molecule has 6 nitrogen and oxygen atoms in total. The van der Waals surface area contributed by atoms with Crippen LogP contribution in [0.25, 0.3) is 0 Å². The summed E-state index contributed by atoms with van der Waals surface area (Å²) in [5.74, 6) is 1.03. The molecule has 0 saturated heterocycles. The van der Waals surface area contributed by atoms with Crippen LogP contribution in [0.1, 0.15) is 90.8 Å². The van der Waals surface area contributed by atoms with Crippen LogP contribution >= 0.6 is 0 Å². The van der Waals surface area contributed by atoms with E-state index in [1.807, 2.05) is 65.2 Å². The van der Waals surface area contributed by atoms with E-state index in [-0.39, 0.29) is 23.8 Å². The van der Waals surface area contributed by atoms with Crippen LogP contribution in [0.4, 0.5) is 5.69 Å². The number of benzene rings is 2. The molecule has 38 heavy (non-hydrogen) atoms. The number of methoxy groups -OCH3 is 1. The summed E-state index contributed by atoms with van der Waals surface area (Å²) in [6, 6.07) is 16.0. The van der Waals surface area contributed by atoms with E-state index in [9.17, 15) is 8.42 Å². The van der Waals surface area contributed by atoms with Gasteiger partial charge in [0.2, 0.25) is 0 Å². The second-order valence-corrected chi connectivity index (χ2v) is 12.0. The third-order valence-corrected chi connectivity index (χ3v) is 6.90. The lowest BCUT2D eigenvalue weighted by Gasteiger charge is -2.27. The SMILES string of the molecule is CC.CCC.CCCCC(C)(CCO)CS(C)(=O)=O.COc1ccc([C@@H](N)c2cccc(N(C)C)c2)cc1. The molecule has 2 aromatic carbocycles. The molecule has 220 valence electrons. The fourth-order valence-electron chi connectivity index (χ4n) is 3.78. The third kappa shape index (κ3) is 16.7. The average molecular weight is 553 g/mol. The summed E-state index contributed by atoms with van der Waals surface area (Å²) in [4.78, 5) is 2.07. The molecule has 0 saturated carbocycles. The van der Waals surface area contributed by atoms with E-state index in [0.29, 0.717) is 6.42 Å². The number of nitrogens with two attached hydrogens (primary N) is 1. The van der Waals surface area contributed by atoms with Crippen molar-refractivity contribution in [3.8, 4) is 5.75 Å². The van der Waals surface area contributed by atoms with Crippen LogP contribution in [0.5, 0.6) is 5.75 Å². The third-order valence-electron chi connectivity index (χ3n) is 5.68. The number of hydrogen-bond donors (Lipinski definition) is 2. The number of sulfone groups is 1. The van der Waals surface area contributed by atoms with Gasteiger partial charge in [0.05, 0.1) is 18.9 Å². The van der Waals surface area contributed by atoms with Crippen molar-refractivity contribution in [2.45, 2.75) is 79.7 Å². The molecule has 1 unspecified atom stereocenters. The lowest BCUT2D eigenvalue weighted by Crippen LogP contribution is -2.27. The lowest BCUT2D eigenvalue weighted by molar-refractivity contribution is 0.201. The summed E-state index contributed by atoms with van der Waals surface area (Å²) >= 11 is 0. The monoisotopic (exact) mass is 552 g/mol. The highest BCUT2D eigenvalue weighted by molar-refractivity contribution is 7.90. The Morgan fingerprint density at radius 3 is 1.97 bits per heavy atom. The van der Waals surface area contributed by atoms with Gasteiger partial charge in [-0.15, -0.1) is 0 Å². The summed E-state index contributed by atoms with van der Waals surface area (Å²) in [5, 5.41) is 8.90. The number of unbranched alkanes of at least 4 members (excludes halogenated alkanes) is 1. The first-order valence-electron chi connectivity index (χ1n) is 13.8. The minimum atomic E-state index is -2.95. The molecule has 3 N–H and O–H groups in total. The van der Waals surface area contributed by atoms with Crippen molar-refractivity contribution < 1.29 is 18.3 Å². The maximum atomic E-state index is 11.2. The van der Waals surface area contributed by atoms with Crippen LogP contribution in [0.3, 0.4) is 0 Å². The molecule has 0 fully saturated rings. The quantitative estimate of drug-likeness (QED) is 0.316. The highest BCUT2D eigenvalue weighted by Gasteiger charge is 2.27. The van der Waals surface area contributed by atoms with Gasteiger partial charge in [-0.2, -0.15) is 0 Å². The molecule has 0 aromatic heterocycles. The smallest absolute Gasteiger partial charge is 0.147 e. The Morgan fingerprint density at radius 1 is 1.00 bits per heavy atom. The van der Waals surface area contributed by atoms with E-state index < -0.39 is 9.84 Å². The molecule has 2 atom stereocenters. The van der Waals surface area contributed by atoms with Crippen molar-refractivity contribution >= 4 is 15.5 Å². The van der Waals surface area contributed by atoms with E-state index in [1.54, 1.807) is 7.11 Å². The molecular weight excluding hydrogens is 496 g/mol. The van der Waals surface area contributed by atoms with Crippen LogP contribution in [-0.4, -0.2) is 53.3 Å². The summed E-state index contributed by atoms with van der Waals surface area (Å²) in [6.07, 6.45) is 6.03. The Labute approximate surface area is 234 Å². The normalized spacial score (nSPS) is 12.7. The van der Waals surface area contributed by atoms with Gasteiger partial charge in [0.25, 0.3) is 0 Å². The van der Waals surface area contributed by atoms with E-state index >= 15 is 0 Å². The number of anilines is 1. The predicted molar refractivity (Wildman–Crippen MR) is 166 cm³/mol. The maximum absolute atomic E-state index is 11.2. The van der Waals surface area contributed by atoms with Gasteiger partial charge in [0.1, 0.15) is 15.6 Å². The van der Waals surface area contributed by atoms with E-state index in [0.717, 1.165) is 41.8 Å². The van der Waals surface area contributed by atoms with Crippen LogP contribution in [0, 0.1) is 5.41 Å². The van der Waals surface area contributed by atoms with Crippen molar-refractivity contribution in [2.75, 3.05) is 44.7 Å². The largest absolute Gasteiger partial charge is 0.497 e. The van der Waals surface area contributed by atoms with Gasteiger partial charge in [-0.1, -0.05) is 85.1 Å². The minimum Gasteiger partial charge on any atom is -0.497 e. The summed E-state index contributed by atoms with van der Waals surface area (Å²) in [6.45, 7) is 12.3. The maximum Gasteiger partial charge on any atom is 0.147 e. The minimum absolute atomic E-state index is 0.0652. The number of aliphatic hydroxyl groups is 1. The standard InChI is InChI=1S/C16H20N2O.C10H22O3S.C3H8.C2H6/c1-18(2)14-6-4-5-13(11-14)16(17)12-7-9-15(19-3)10-8-12;1-4-5-6-10(2,7-8-11)9-14(3,12)13;1-3-2;1-2/h4-11,16H,17H2,1-3H3;11H,4-9H2,1-3H3;3H2,1-2H3;1-2H3/t16-;;;/m1.../s1. The topological polar surface area (TPSA) is 92.9 Å². The van der Waals surface area contributed by atoms with E-state index in [2.05, 4.69) is 43.9 Å². The zero-order chi connectivity index (χ0) is 29.8. The fourth-order valence-corrected chi connectivity index (χ4v) is 5.33. The highest BCUT2D eigenvalue weighted by atomic mass is 32.2. The first kappa shape index (κ1) is 38.1. The molecule has 0 spiro atoms. The molecule has 0 aliphatic rings. The highest BCUT2D eigenvalue weighted by Crippen LogP contribution is 2.29. The van der Waals surface area contributed by atoms with Gasteiger partial charge in [-0.05, 0) is 53.6 Å². The lowest BCUT2D eigenvalue weighted by atomic mass is 9.84. The average Bonchev–Trinajstić information content (AvgIpc) is 2.88. The van der Waals surface area contributed by atoms with Crippen molar-refractivity contribution in [3.05, 3.63) is 59.7 Å². The molecule has 0 amide bonds. The van der Waals surface area contributed by atoms with Gasteiger partial charge in [-0.3, -0.25) is 0 Å². The molecule has 0 heterocycles. The molecule has 2 rings (SSSR count). The first-order chi connectivity index (χ1) is 17.9. The number of nitrogens with zero attached hydrogens (tertiary/aromatic N) is 1. The van der Waals surface area contributed by atoms with Crippen LogP contribution in [-0.2, 0) is 9.84 Å². The fraction of sp³-hybridized carbons (Fsp3) is 0.613. The Morgan fingerprint density at radius 2 is 1.55 bits per heavy atom. The number of rotatable bonds is 11. The molecule has 0 aliphatic carbocycles. The number of ether oxygens (including phenoxy) is 1. The second kappa shape index (κ2) is 20.8. The van der Waals surface area contributed by atoms with Crippen molar-refractivity contribution in [2.24, 2.45) is 11.1 Å². The van der Waals surface area contributed by atoms with Crippen LogP contribution in [0.2, 0.25) is 0 Å². The molecular formula is C31H56N2O4S. The molecule has 0 radical (unpaired) electrons. The molecule has 7 heteroatoms. The Kier molecular flexibility index (Phi) is 20.9. The van der Waals surface area contributed by atoms with Gasteiger partial charge < -0.3 is 20.5 Å². The Hall–Kier alpha value is -2.09. The molecule has 0 bridgehead atoms. The van der Waals surface area contributed by atoms with Crippen LogP contribution < -0.4 is 15.4 Å². The van der Waals surface area contributed by atoms with Crippen LogP contribution in [0.15, 0.2) is 48.5 Å². The molecule has 0 aliphatic heterocycles. The van der Waals surface area contributed by atoms with Gasteiger partial charge in [-0.25, -0.2) is 8.42 Å². The van der Waals surface area contributed by atoms with Crippen molar-refractivity contribution in [3.63, 3.8) is 0 Å². The van der Waals surface area contributed by atoms with E-state index in [4.69, 9.17) is 15.6 Å². The zero-order valence-electron chi connectivity index (χ0n) is 25.8. The summed E-state index contributed by atoms with van der Waals surface area (Å²) in [7, 11) is 2.77. The first-order valence-corrected chi connectivity index (χ1v) is 15.9. The summed E-state index contributed by atoms with van der Waals surface area (Å²) in [5.41, 5.74) is 9.41. The van der Waals surface area contributed by atoms with Crippen molar-refractivity contribution in [1.29, 1.82) is 0 Å². The number of aliphatic hydroxyl groups excluding tert-OH is 1. The zero-order valence-corrected chi connectivity index (χ0v) is 26.6. The van der Waals surface area contributed by atoms with Gasteiger partial charge in [0.15, 0.2) is 0 Å². The second-order valence-electron chi connectivity index (χ2n) is 9.91. The van der Waals surface area contributed by atoms with Gasteiger partial charge >= 0.3 is 0 Å². The van der Waals surface area contributed by atoms with Crippen molar-refractivity contribution in [1.82, 2.24) is 0 Å². The molecule has 2 aromatic rings. The number of hydrogen-bond acceptors (Lipinski definition) is 6.